The topological polar surface area (TPSA) is 158 Å². The fourth-order valence-corrected chi connectivity index (χ4v) is 4.75. The normalized spacial score (nSPS) is 15.9. The van der Waals surface area contributed by atoms with Crippen LogP contribution < -0.4 is 20.9 Å². The molecule has 12 nitrogen and oxygen atoms in total. The minimum atomic E-state index is -4.35. The molecule has 36 heavy (non-hydrogen) atoms. The lowest BCUT2D eigenvalue weighted by atomic mass is 10.1. The van der Waals surface area contributed by atoms with E-state index < -0.39 is 61.1 Å². The number of aliphatic hydroxyl groups is 1. The third kappa shape index (κ3) is 8.64. The van der Waals surface area contributed by atoms with Gasteiger partial charge in [-0.25, -0.2) is 13.8 Å². The number of hydrogen-bond acceptors (Lipinski definition) is 9. The Bertz CT molecular complexity index is 1160. The van der Waals surface area contributed by atoms with E-state index in [0.717, 1.165) is 16.8 Å². The van der Waals surface area contributed by atoms with Crippen molar-refractivity contribution >= 4 is 29.6 Å². The van der Waals surface area contributed by atoms with E-state index in [1.54, 1.807) is 25.1 Å². The van der Waals surface area contributed by atoms with E-state index in [4.69, 9.17) is 18.5 Å². The fraction of sp³-hybridized carbons (Fsp3) is 0.476. The first kappa shape index (κ1) is 29.9. The first-order valence-corrected chi connectivity index (χ1v) is 13.2. The zero-order valence-corrected chi connectivity index (χ0v) is 22.2. The SMILES string of the molecule is CCOC(=O)C(C)(C)N[P@@](=O)(OC[C@@H](O[C@H](CF)n1ccc(=O)[nH]c1=O)[C@@H](O)Br)Oc1ccccc1. The van der Waals surface area contributed by atoms with Gasteiger partial charge >= 0.3 is 19.4 Å². The van der Waals surface area contributed by atoms with Crippen LogP contribution >= 0.6 is 23.7 Å². The molecule has 0 bridgehead atoms. The quantitative estimate of drug-likeness (QED) is 0.168. The van der Waals surface area contributed by atoms with Gasteiger partial charge in [0.1, 0.15) is 29.1 Å². The smallest absolute Gasteiger partial charge is 0.459 e. The summed E-state index contributed by atoms with van der Waals surface area (Å²) in [5.41, 5.74) is -3.15. The van der Waals surface area contributed by atoms with Gasteiger partial charge in [0, 0.05) is 12.3 Å². The number of hydrogen-bond donors (Lipinski definition) is 3. The summed E-state index contributed by atoms with van der Waals surface area (Å²) in [6.07, 6.45) is -1.92. The number of nitrogens with one attached hydrogen (secondary N) is 2. The highest BCUT2D eigenvalue weighted by molar-refractivity contribution is 9.09. The number of esters is 1. The van der Waals surface area contributed by atoms with E-state index in [2.05, 4.69) is 21.0 Å². The van der Waals surface area contributed by atoms with E-state index in [0.29, 0.717) is 0 Å². The average Bonchev–Trinajstić information content (AvgIpc) is 2.80. The Kier molecular flexibility index (Phi) is 11.0. The van der Waals surface area contributed by atoms with Crippen molar-refractivity contribution in [1.82, 2.24) is 14.6 Å². The molecule has 0 aliphatic heterocycles. The lowest BCUT2D eigenvalue weighted by Crippen LogP contribution is -2.47. The number of alkyl halides is 2. The van der Waals surface area contributed by atoms with E-state index in [1.165, 1.54) is 26.0 Å². The molecule has 0 unspecified atom stereocenters. The molecule has 1 heterocycles. The van der Waals surface area contributed by atoms with Gasteiger partial charge in [0.25, 0.3) is 5.56 Å². The lowest BCUT2D eigenvalue weighted by molar-refractivity contribution is -0.149. The van der Waals surface area contributed by atoms with Gasteiger partial charge in [-0.2, -0.15) is 5.09 Å². The van der Waals surface area contributed by atoms with Gasteiger partial charge < -0.3 is 19.1 Å². The summed E-state index contributed by atoms with van der Waals surface area (Å²) in [7, 11) is -4.35. The largest absolute Gasteiger partial charge is 0.465 e. The minimum Gasteiger partial charge on any atom is -0.465 e. The first-order valence-electron chi connectivity index (χ1n) is 10.7. The van der Waals surface area contributed by atoms with Crippen LogP contribution in [-0.4, -0.2) is 57.2 Å². The Balaban J connectivity index is 2.27. The number of rotatable bonds is 14. The molecule has 0 aliphatic rings. The molecule has 4 atom stereocenters. The number of benzene rings is 1. The van der Waals surface area contributed by atoms with Crippen molar-refractivity contribution in [2.24, 2.45) is 0 Å². The van der Waals surface area contributed by atoms with E-state index in [-0.39, 0.29) is 12.4 Å². The molecular formula is C21H28BrFN3O9P. The standard InChI is InChI=1S/C21H28BrFN3O9P/c1-4-32-19(29)21(2,3)25-36(31,35-14-8-6-5-7-9-14)33-13-15(18(22)28)34-17(12-23)26-11-10-16(27)24-20(26)30/h5-11,15,17-18,28H,4,12-13H2,1-3H3,(H,25,31)(H,24,27,30)/t15-,17-,18-,36-/m1/s1. The second-order valence-electron chi connectivity index (χ2n) is 7.83. The van der Waals surface area contributed by atoms with Crippen molar-refractivity contribution in [3.05, 3.63) is 63.4 Å². The maximum Gasteiger partial charge on any atom is 0.459 e. The Morgan fingerprint density at radius 3 is 2.50 bits per heavy atom. The number of halogens is 2. The molecule has 15 heteroatoms. The van der Waals surface area contributed by atoms with Crippen molar-refractivity contribution in [2.45, 2.75) is 43.7 Å². The number of carbonyl (C=O) groups is 1. The molecule has 0 spiro atoms. The molecular weight excluding hydrogens is 568 g/mol. The molecule has 0 saturated carbocycles. The molecule has 1 aromatic heterocycles. The third-order valence-corrected chi connectivity index (χ3v) is 6.87. The van der Waals surface area contributed by atoms with Crippen molar-refractivity contribution in [3.8, 4) is 5.75 Å². The maximum atomic E-state index is 13.7. The highest BCUT2D eigenvalue weighted by atomic mass is 79.9. The van der Waals surface area contributed by atoms with Crippen molar-refractivity contribution < 1.29 is 37.4 Å². The number of nitrogens with zero attached hydrogens (tertiary/aromatic N) is 1. The maximum absolute atomic E-state index is 13.7. The van der Waals surface area contributed by atoms with Gasteiger partial charge in [-0.1, -0.05) is 34.1 Å². The van der Waals surface area contributed by atoms with E-state index in [1.807, 2.05) is 4.98 Å². The molecule has 0 amide bonds. The number of aliphatic hydroxyl groups excluding tert-OH is 1. The summed E-state index contributed by atoms with van der Waals surface area (Å²) in [4.78, 5) is 37.6. The summed E-state index contributed by atoms with van der Waals surface area (Å²) in [5, 5.41) is 11.2. The number of para-hydroxylation sites is 1. The van der Waals surface area contributed by atoms with Gasteiger partial charge in [0.05, 0.1) is 13.2 Å². The predicted molar refractivity (Wildman–Crippen MR) is 131 cm³/mol. The molecule has 2 rings (SSSR count). The highest BCUT2D eigenvalue weighted by Gasteiger charge is 2.41. The van der Waals surface area contributed by atoms with Crippen LogP contribution in [0.5, 0.6) is 5.75 Å². The van der Waals surface area contributed by atoms with Crippen LogP contribution in [-0.2, 0) is 23.4 Å². The van der Waals surface area contributed by atoms with Crippen molar-refractivity contribution in [1.29, 1.82) is 0 Å². The Morgan fingerprint density at radius 2 is 1.94 bits per heavy atom. The molecule has 1 aromatic carbocycles. The number of ether oxygens (including phenoxy) is 2. The van der Waals surface area contributed by atoms with Crippen LogP contribution in [0.1, 0.15) is 27.0 Å². The fourth-order valence-electron chi connectivity index (χ4n) is 2.79. The summed E-state index contributed by atoms with van der Waals surface area (Å²) in [5.74, 6) is -0.583. The van der Waals surface area contributed by atoms with Crippen LogP contribution in [0.3, 0.4) is 0 Å². The first-order chi connectivity index (χ1) is 16.9. The minimum absolute atomic E-state index is 0.0785. The summed E-state index contributed by atoms with van der Waals surface area (Å²) >= 11 is 2.90. The summed E-state index contributed by atoms with van der Waals surface area (Å²) in [6, 6.07) is 8.95. The second-order valence-corrected chi connectivity index (χ2v) is 10.4. The van der Waals surface area contributed by atoms with Crippen LogP contribution in [0.25, 0.3) is 0 Å². The lowest BCUT2D eigenvalue weighted by Gasteiger charge is -2.31. The van der Waals surface area contributed by atoms with Gasteiger partial charge in [0.2, 0.25) is 0 Å². The molecule has 3 N–H and O–H groups in total. The van der Waals surface area contributed by atoms with Crippen molar-refractivity contribution in [2.75, 3.05) is 19.9 Å². The van der Waals surface area contributed by atoms with Crippen molar-refractivity contribution in [3.63, 3.8) is 0 Å². The van der Waals surface area contributed by atoms with Crippen LogP contribution in [0.15, 0.2) is 52.2 Å². The molecule has 0 radical (unpaired) electrons. The zero-order chi connectivity index (χ0) is 26.9. The second kappa shape index (κ2) is 13.3. The highest BCUT2D eigenvalue weighted by Crippen LogP contribution is 2.46. The predicted octanol–water partition coefficient (Wildman–Crippen LogP) is 2.24. The van der Waals surface area contributed by atoms with Gasteiger partial charge in [-0.15, -0.1) is 0 Å². The van der Waals surface area contributed by atoms with E-state index >= 15 is 0 Å². The number of H-pyrrole nitrogens is 1. The monoisotopic (exact) mass is 595 g/mol. The van der Waals surface area contributed by atoms with Crippen LogP contribution in [0.2, 0.25) is 0 Å². The average molecular weight is 596 g/mol. The Hall–Kier alpha value is -2.35. The van der Waals surface area contributed by atoms with Crippen LogP contribution in [0, 0.1) is 0 Å². The molecule has 0 saturated heterocycles. The van der Waals surface area contributed by atoms with Crippen LogP contribution in [0.4, 0.5) is 4.39 Å². The third-order valence-electron chi connectivity index (χ3n) is 4.51. The molecule has 200 valence electrons. The van der Waals surface area contributed by atoms with Gasteiger partial charge in [-0.3, -0.25) is 23.7 Å². The van der Waals surface area contributed by atoms with Gasteiger partial charge in [0.15, 0.2) is 6.23 Å². The Labute approximate surface area is 214 Å². The molecule has 0 fully saturated rings. The van der Waals surface area contributed by atoms with E-state index in [9.17, 15) is 28.4 Å². The summed E-state index contributed by atoms with van der Waals surface area (Å²) < 4.78 is 49.7. The number of aromatic amines is 1. The molecule has 2 aromatic rings. The van der Waals surface area contributed by atoms with Gasteiger partial charge in [-0.05, 0) is 32.9 Å². The summed E-state index contributed by atoms with van der Waals surface area (Å²) in [6.45, 7) is 2.65. The number of aromatic nitrogens is 2. The Morgan fingerprint density at radius 1 is 1.28 bits per heavy atom. The molecule has 0 aliphatic carbocycles. The number of carbonyl (C=O) groups excluding carboxylic acids is 1. The zero-order valence-electron chi connectivity index (χ0n) is 19.8.